The number of carboxylic acids is 1. The molecule has 0 radical (unpaired) electrons. The molecule has 0 aromatic carbocycles. The maximum Gasteiger partial charge on any atom is 0.310 e. The lowest BCUT2D eigenvalue weighted by atomic mass is 9.33. The average Bonchev–Trinajstić information content (AvgIpc) is 2.80. The van der Waals surface area contributed by atoms with Crippen LogP contribution in [0.4, 0.5) is 0 Å². The standard InChI is InChI=1S/C30H49NO4/c1-17-10-11-29(25(34)35)14-12-26(4)20(23(29)18(17)2)8-9-22-27(26,5)13-15-30(31-7)19(3)24(33)21(32)16-28(22,30)6/h8,17-19,21-24,31-33H,9-16H2,1-7H3,(H,34,35)/t17-,18+,19+,21-,22+,23+,24-,26-,27-,28-,29+,30-/m1/s1. The van der Waals surface area contributed by atoms with Crippen molar-refractivity contribution in [1.29, 1.82) is 0 Å². The number of carboxylic acid groups (broad SMARTS) is 1. The monoisotopic (exact) mass is 487 g/mol. The Labute approximate surface area is 212 Å². The molecule has 5 aliphatic rings. The first-order valence-electron chi connectivity index (χ1n) is 14.2. The van der Waals surface area contributed by atoms with E-state index in [2.05, 4.69) is 52.9 Å². The minimum Gasteiger partial charge on any atom is -0.481 e. The van der Waals surface area contributed by atoms with E-state index in [-0.39, 0.29) is 33.6 Å². The number of aliphatic hydroxyl groups is 2. The smallest absolute Gasteiger partial charge is 0.310 e. The summed E-state index contributed by atoms with van der Waals surface area (Å²) in [5.41, 5.74) is 0.424. The molecule has 0 bridgehead atoms. The zero-order chi connectivity index (χ0) is 25.8. The van der Waals surface area contributed by atoms with Gasteiger partial charge in [-0.3, -0.25) is 4.79 Å². The van der Waals surface area contributed by atoms with Gasteiger partial charge in [0.15, 0.2) is 0 Å². The highest BCUT2D eigenvalue weighted by Gasteiger charge is 2.72. The normalized spacial score (nSPS) is 57.7. The molecule has 0 aromatic rings. The molecule has 0 spiro atoms. The quantitative estimate of drug-likeness (QED) is 0.411. The van der Waals surface area contributed by atoms with Crippen molar-refractivity contribution < 1.29 is 20.1 Å². The van der Waals surface area contributed by atoms with Gasteiger partial charge in [0.1, 0.15) is 0 Å². The molecule has 5 nitrogen and oxygen atoms in total. The molecule has 12 atom stereocenters. The predicted molar refractivity (Wildman–Crippen MR) is 138 cm³/mol. The highest BCUT2D eigenvalue weighted by Crippen LogP contribution is 2.75. The molecule has 4 fully saturated rings. The minimum atomic E-state index is -0.708. The van der Waals surface area contributed by atoms with Crippen molar-refractivity contribution in [1.82, 2.24) is 5.32 Å². The molecular weight excluding hydrogens is 438 g/mol. The zero-order valence-electron chi connectivity index (χ0n) is 23.0. The molecule has 5 rings (SSSR count). The summed E-state index contributed by atoms with van der Waals surface area (Å²) in [5, 5.41) is 36.1. The first-order valence-corrected chi connectivity index (χ1v) is 14.2. The van der Waals surface area contributed by atoms with Gasteiger partial charge in [0.25, 0.3) is 0 Å². The first-order chi connectivity index (χ1) is 16.3. The Balaban J connectivity index is 1.65. The number of aliphatic hydroxyl groups excluding tert-OH is 2. The van der Waals surface area contributed by atoms with E-state index in [1.807, 2.05) is 7.05 Å². The number of allylic oxidation sites excluding steroid dienone is 2. The van der Waals surface area contributed by atoms with Gasteiger partial charge < -0.3 is 20.6 Å². The fraction of sp³-hybridized carbons (Fsp3) is 0.900. The fourth-order valence-corrected chi connectivity index (χ4v) is 11.1. The van der Waals surface area contributed by atoms with E-state index >= 15 is 0 Å². The van der Waals surface area contributed by atoms with E-state index in [0.717, 1.165) is 44.9 Å². The molecule has 5 heteroatoms. The first kappa shape index (κ1) is 25.7. The van der Waals surface area contributed by atoms with Crippen LogP contribution in [0, 0.1) is 51.2 Å². The molecule has 0 amide bonds. The van der Waals surface area contributed by atoms with Crippen LogP contribution in [0.5, 0.6) is 0 Å². The summed E-state index contributed by atoms with van der Waals surface area (Å²) in [6, 6.07) is 0. The summed E-state index contributed by atoms with van der Waals surface area (Å²) in [5.74, 6) is 0.768. The van der Waals surface area contributed by atoms with E-state index < -0.39 is 23.6 Å². The van der Waals surface area contributed by atoms with Crippen molar-refractivity contribution in [3.63, 3.8) is 0 Å². The molecule has 0 saturated heterocycles. The van der Waals surface area contributed by atoms with Crippen LogP contribution in [-0.2, 0) is 4.79 Å². The molecule has 0 heterocycles. The summed E-state index contributed by atoms with van der Waals surface area (Å²) in [4.78, 5) is 12.8. The maximum atomic E-state index is 12.8. The Bertz CT molecular complexity index is 933. The Kier molecular flexibility index (Phi) is 5.73. The SMILES string of the molecule is CN[C@@]12CC[C@]3(C)[C@H](CC=C4[C@@H]5[C@@H](C)[C@H](C)CC[C@]5(C(=O)O)CC[C@]43C)[C@@]1(C)C[C@@H](O)[C@H](O)[C@@H]2C. The molecule has 198 valence electrons. The van der Waals surface area contributed by atoms with Gasteiger partial charge >= 0.3 is 5.97 Å². The van der Waals surface area contributed by atoms with Crippen molar-refractivity contribution in [2.24, 2.45) is 51.2 Å². The van der Waals surface area contributed by atoms with Crippen LogP contribution >= 0.6 is 0 Å². The van der Waals surface area contributed by atoms with Gasteiger partial charge in [-0.2, -0.15) is 0 Å². The Morgan fingerprint density at radius 2 is 1.69 bits per heavy atom. The lowest BCUT2D eigenvalue weighted by Crippen LogP contribution is -2.75. The van der Waals surface area contributed by atoms with E-state index in [1.54, 1.807) is 0 Å². The number of carbonyl (C=O) groups is 1. The number of nitrogens with one attached hydrogen (secondary N) is 1. The summed E-state index contributed by atoms with van der Waals surface area (Å²) in [6.07, 6.45) is 8.14. The van der Waals surface area contributed by atoms with E-state index in [1.165, 1.54) is 5.57 Å². The lowest BCUT2D eigenvalue weighted by Gasteiger charge is -2.73. The molecule has 5 aliphatic carbocycles. The van der Waals surface area contributed by atoms with Crippen LogP contribution in [0.1, 0.15) is 92.9 Å². The molecule has 35 heavy (non-hydrogen) atoms. The largest absolute Gasteiger partial charge is 0.481 e. The summed E-state index contributed by atoms with van der Waals surface area (Å²) >= 11 is 0. The Morgan fingerprint density at radius 1 is 1.00 bits per heavy atom. The van der Waals surface area contributed by atoms with Crippen LogP contribution in [0.15, 0.2) is 11.6 Å². The predicted octanol–water partition coefficient (Wildman–Crippen LogP) is 5.01. The molecule has 0 unspecified atom stereocenters. The van der Waals surface area contributed by atoms with Crippen LogP contribution in [0.3, 0.4) is 0 Å². The summed E-state index contributed by atoms with van der Waals surface area (Å²) < 4.78 is 0. The van der Waals surface area contributed by atoms with E-state index in [4.69, 9.17) is 0 Å². The van der Waals surface area contributed by atoms with Crippen molar-refractivity contribution in [3.05, 3.63) is 11.6 Å². The second-order valence-corrected chi connectivity index (χ2v) is 14.2. The van der Waals surface area contributed by atoms with Crippen LogP contribution in [0.25, 0.3) is 0 Å². The van der Waals surface area contributed by atoms with Gasteiger partial charge in [0.05, 0.1) is 17.6 Å². The third-order valence-corrected chi connectivity index (χ3v) is 13.7. The maximum absolute atomic E-state index is 12.8. The Morgan fingerprint density at radius 3 is 2.31 bits per heavy atom. The molecule has 4 N–H and O–H groups in total. The summed E-state index contributed by atoms with van der Waals surface area (Å²) in [7, 11) is 2.04. The van der Waals surface area contributed by atoms with Crippen molar-refractivity contribution in [2.45, 2.75) is 111 Å². The molecular formula is C30H49NO4. The van der Waals surface area contributed by atoms with Gasteiger partial charge in [-0.1, -0.05) is 53.2 Å². The van der Waals surface area contributed by atoms with Crippen LogP contribution in [0.2, 0.25) is 0 Å². The highest BCUT2D eigenvalue weighted by atomic mass is 16.4. The number of rotatable bonds is 2. The third kappa shape index (κ3) is 2.84. The highest BCUT2D eigenvalue weighted by molar-refractivity contribution is 5.76. The number of aliphatic carboxylic acids is 1. The van der Waals surface area contributed by atoms with Gasteiger partial charge in [-0.05, 0) is 98.3 Å². The van der Waals surface area contributed by atoms with Gasteiger partial charge in [-0.15, -0.1) is 0 Å². The van der Waals surface area contributed by atoms with Crippen LogP contribution in [-0.4, -0.2) is 46.1 Å². The molecule has 0 aliphatic heterocycles. The van der Waals surface area contributed by atoms with Crippen molar-refractivity contribution in [2.75, 3.05) is 7.05 Å². The molecule has 4 saturated carbocycles. The second-order valence-electron chi connectivity index (χ2n) is 14.2. The Hall–Kier alpha value is -0.910. The van der Waals surface area contributed by atoms with Gasteiger partial charge in [0, 0.05) is 11.5 Å². The lowest BCUT2D eigenvalue weighted by molar-refractivity contribution is -0.224. The zero-order valence-corrected chi connectivity index (χ0v) is 23.0. The average molecular weight is 488 g/mol. The third-order valence-electron chi connectivity index (χ3n) is 13.7. The van der Waals surface area contributed by atoms with Crippen molar-refractivity contribution in [3.8, 4) is 0 Å². The van der Waals surface area contributed by atoms with Crippen molar-refractivity contribution >= 4 is 5.97 Å². The van der Waals surface area contributed by atoms with Gasteiger partial charge in [0.2, 0.25) is 0 Å². The van der Waals surface area contributed by atoms with E-state index in [0.29, 0.717) is 24.2 Å². The minimum absolute atomic E-state index is 0.0268. The summed E-state index contributed by atoms with van der Waals surface area (Å²) in [6.45, 7) is 14.0. The fourth-order valence-electron chi connectivity index (χ4n) is 11.1. The molecule has 0 aromatic heterocycles. The number of hydrogen-bond donors (Lipinski definition) is 4. The number of fused-ring (bicyclic) bond motifs is 7. The van der Waals surface area contributed by atoms with Crippen LogP contribution < -0.4 is 5.32 Å². The van der Waals surface area contributed by atoms with Gasteiger partial charge in [-0.25, -0.2) is 0 Å². The second kappa shape index (κ2) is 7.80. The van der Waals surface area contributed by atoms with E-state index in [9.17, 15) is 20.1 Å². The topological polar surface area (TPSA) is 89.8 Å². The number of hydrogen-bond acceptors (Lipinski definition) is 4.